The highest BCUT2D eigenvalue weighted by atomic mass is 32.2. The molecule has 0 aromatic heterocycles. The summed E-state index contributed by atoms with van der Waals surface area (Å²) >= 11 is 0. The van der Waals surface area contributed by atoms with E-state index in [0.29, 0.717) is 37.7 Å². The molecular formula is C20H24N2O4S. The first-order valence-corrected chi connectivity index (χ1v) is 10.7. The molecule has 2 aliphatic rings. The van der Waals surface area contributed by atoms with Crippen LogP contribution in [-0.2, 0) is 16.4 Å². The molecule has 6 nitrogen and oxygen atoms in total. The first-order chi connectivity index (χ1) is 13.0. The normalized spacial score (nSPS) is 17.3. The van der Waals surface area contributed by atoms with E-state index >= 15 is 0 Å². The van der Waals surface area contributed by atoms with Crippen LogP contribution < -0.4 is 14.4 Å². The minimum absolute atomic E-state index is 0.133. The van der Waals surface area contributed by atoms with Crippen LogP contribution in [0.2, 0.25) is 0 Å². The van der Waals surface area contributed by atoms with Crippen LogP contribution in [0.3, 0.4) is 0 Å². The molecule has 2 aromatic carbocycles. The molecule has 2 heterocycles. The molecule has 0 amide bonds. The maximum absolute atomic E-state index is 13.0. The fourth-order valence-electron chi connectivity index (χ4n) is 3.80. The Morgan fingerprint density at radius 2 is 1.74 bits per heavy atom. The second-order valence-corrected chi connectivity index (χ2v) is 8.78. The van der Waals surface area contributed by atoms with E-state index in [1.807, 2.05) is 0 Å². The van der Waals surface area contributed by atoms with Crippen molar-refractivity contribution in [3.63, 3.8) is 0 Å². The first-order valence-electron chi connectivity index (χ1n) is 9.24. The van der Waals surface area contributed by atoms with Crippen LogP contribution >= 0.6 is 0 Å². The van der Waals surface area contributed by atoms with Crippen molar-refractivity contribution < 1.29 is 17.9 Å². The molecule has 1 fully saturated rings. The smallest absolute Gasteiger partial charge is 0.243 e. The van der Waals surface area contributed by atoms with Crippen LogP contribution in [0.5, 0.6) is 11.5 Å². The summed E-state index contributed by atoms with van der Waals surface area (Å²) in [4.78, 5) is 2.56. The van der Waals surface area contributed by atoms with Crippen molar-refractivity contribution >= 4 is 15.7 Å². The predicted octanol–water partition coefficient (Wildman–Crippen LogP) is 2.80. The van der Waals surface area contributed by atoms with Gasteiger partial charge in [-0.15, -0.1) is 0 Å². The average molecular weight is 388 g/mol. The molecule has 4 rings (SSSR count). The molecule has 1 saturated heterocycles. The van der Waals surface area contributed by atoms with Gasteiger partial charge in [0.1, 0.15) is 0 Å². The van der Waals surface area contributed by atoms with Gasteiger partial charge < -0.3 is 14.4 Å². The number of anilines is 1. The Morgan fingerprint density at radius 3 is 2.48 bits per heavy atom. The number of hydrogen-bond acceptors (Lipinski definition) is 5. The van der Waals surface area contributed by atoms with Gasteiger partial charge in [0.05, 0.1) is 4.90 Å². The zero-order valence-corrected chi connectivity index (χ0v) is 16.5. The number of rotatable bonds is 4. The summed E-state index contributed by atoms with van der Waals surface area (Å²) in [6.45, 7) is 6.70. The van der Waals surface area contributed by atoms with E-state index in [-0.39, 0.29) is 11.7 Å². The molecule has 0 bridgehead atoms. The summed E-state index contributed by atoms with van der Waals surface area (Å²) in [6, 6.07) is 11.2. The third-order valence-electron chi connectivity index (χ3n) is 5.24. The topological polar surface area (TPSA) is 59.1 Å². The Labute approximate surface area is 160 Å². The van der Waals surface area contributed by atoms with Crippen molar-refractivity contribution in [3.8, 4) is 11.5 Å². The van der Waals surface area contributed by atoms with Gasteiger partial charge >= 0.3 is 0 Å². The molecule has 27 heavy (non-hydrogen) atoms. The third-order valence-corrected chi connectivity index (χ3v) is 7.13. The van der Waals surface area contributed by atoms with E-state index in [2.05, 4.69) is 36.9 Å². The SMILES string of the molecule is CCc1cccc(C)c1N1CCN(S(=O)(=O)c2ccc3c(c2)OCO3)CC1. The highest BCUT2D eigenvalue weighted by Gasteiger charge is 2.30. The lowest BCUT2D eigenvalue weighted by molar-refractivity contribution is 0.174. The van der Waals surface area contributed by atoms with Crippen LogP contribution in [0.1, 0.15) is 18.1 Å². The van der Waals surface area contributed by atoms with Crippen molar-refractivity contribution in [1.82, 2.24) is 4.31 Å². The van der Waals surface area contributed by atoms with Crippen molar-refractivity contribution in [3.05, 3.63) is 47.5 Å². The lowest BCUT2D eigenvalue weighted by Crippen LogP contribution is -2.49. The molecule has 0 N–H and O–H groups in total. The number of ether oxygens (including phenoxy) is 2. The minimum atomic E-state index is -3.54. The number of aryl methyl sites for hydroxylation is 2. The van der Waals surface area contributed by atoms with Gasteiger partial charge in [0.15, 0.2) is 11.5 Å². The zero-order valence-electron chi connectivity index (χ0n) is 15.6. The number of fused-ring (bicyclic) bond motifs is 1. The van der Waals surface area contributed by atoms with E-state index < -0.39 is 10.0 Å². The van der Waals surface area contributed by atoms with Gasteiger partial charge in [0, 0.05) is 37.9 Å². The molecular weight excluding hydrogens is 364 g/mol. The quantitative estimate of drug-likeness (QED) is 0.806. The number of hydrogen-bond donors (Lipinski definition) is 0. The van der Waals surface area contributed by atoms with Gasteiger partial charge in [-0.3, -0.25) is 0 Å². The Balaban J connectivity index is 1.52. The van der Waals surface area contributed by atoms with Crippen molar-refractivity contribution in [1.29, 1.82) is 0 Å². The highest BCUT2D eigenvalue weighted by Crippen LogP contribution is 2.35. The minimum Gasteiger partial charge on any atom is -0.454 e. The molecule has 7 heteroatoms. The summed E-state index contributed by atoms with van der Waals surface area (Å²) in [5.74, 6) is 1.08. The summed E-state index contributed by atoms with van der Waals surface area (Å²) in [7, 11) is -3.54. The van der Waals surface area contributed by atoms with Gasteiger partial charge in [-0.05, 0) is 36.6 Å². The van der Waals surface area contributed by atoms with Crippen molar-refractivity contribution in [2.75, 3.05) is 37.9 Å². The van der Waals surface area contributed by atoms with E-state index in [9.17, 15) is 8.42 Å². The Kier molecular flexibility index (Phi) is 4.74. The zero-order chi connectivity index (χ0) is 19.0. The van der Waals surface area contributed by atoms with Gasteiger partial charge in [0.25, 0.3) is 0 Å². The monoisotopic (exact) mass is 388 g/mol. The lowest BCUT2D eigenvalue weighted by atomic mass is 10.0. The second-order valence-electron chi connectivity index (χ2n) is 6.84. The fraction of sp³-hybridized carbons (Fsp3) is 0.400. The van der Waals surface area contributed by atoms with Crippen molar-refractivity contribution in [2.45, 2.75) is 25.2 Å². The maximum Gasteiger partial charge on any atom is 0.243 e. The van der Waals surface area contributed by atoms with E-state index in [0.717, 1.165) is 6.42 Å². The third kappa shape index (κ3) is 3.26. The molecule has 2 aliphatic heterocycles. The van der Waals surface area contributed by atoms with Crippen LogP contribution in [-0.4, -0.2) is 45.7 Å². The van der Waals surface area contributed by atoms with Crippen LogP contribution in [0.25, 0.3) is 0 Å². The summed E-state index contributed by atoms with van der Waals surface area (Å²) in [6.07, 6.45) is 0.965. The van der Waals surface area contributed by atoms with Crippen molar-refractivity contribution in [2.24, 2.45) is 0 Å². The van der Waals surface area contributed by atoms with E-state index in [4.69, 9.17) is 9.47 Å². The number of benzene rings is 2. The number of sulfonamides is 1. The van der Waals surface area contributed by atoms with Gasteiger partial charge in [-0.25, -0.2) is 8.42 Å². The first kappa shape index (κ1) is 18.1. The van der Waals surface area contributed by atoms with Crippen LogP contribution in [0.15, 0.2) is 41.3 Å². The summed E-state index contributed by atoms with van der Waals surface area (Å²) in [5.41, 5.74) is 3.80. The Hall–Kier alpha value is -2.25. The standard InChI is InChI=1S/C20H24N2O4S/c1-3-16-6-4-5-15(2)20(16)21-9-11-22(12-10-21)27(23,24)17-7-8-18-19(13-17)26-14-25-18/h4-8,13H,3,9-12,14H2,1-2H3. The molecule has 0 spiro atoms. The van der Waals surface area contributed by atoms with Crippen LogP contribution in [0.4, 0.5) is 5.69 Å². The number of nitrogens with zero attached hydrogens (tertiary/aromatic N) is 2. The Morgan fingerprint density at radius 1 is 1.00 bits per heavy atom. The van der Waals surface area contributed by atoms with Crippen LogP contribution in [0, 0.1) is 6.92 Å². The van der Waals surface area contributed by atoms with E-state index in [1.54, 1.807) is 22.5 Å². The molecule has 0 unspecified atom stereocenters. The Bertz CT molecular complexity index is 950. The molecule has 0 saturated carbocycles. The van der Waals surface area contributed by atoms with Gasteiger partial charge in [0.2, 0.25) is 16.8 Å². The summed E-state index contributed by atoms with van der Waals surface area (Å²) in [5, 5.41) is 0. The molecule has 0 atom stereocenters. The molecule has 144 valence electrons. The maximum atomic E-state index is 13.0. The number of piperazine rings is 1. The number of para-hydroxylation sites is 1. The fourth-order valence-corrected chi connectivity index (χ4v) is 5.23. The molecule has 2 aromatic rings. The molecule has 0 aliphatic carbocycles. The summed E-state index contributed by atoms with van der Waals surface area (Å²) < 4.78 is 38.2. The second kappa shape index (κ2) is 7.05. The van der Waals surface area contributed by atoms with E-state index in [1.165, 1.54) is 16.8 Å². The largest absolute Gasteiger partial charge is 0.454 e. The highest BCUT2D eigenvalue weighted by molar-refractivity contribution is 7.89. The van der Waals surface area contributed by atoms with Gasteiger partial charge in [-0.1, -0.05) is 25.1 Å². The molecule has 0 radical (unpaired) electrons. The predicted molar refractivity (Wildman–Crippen MR) is 104 cm³/mol. The lowest BCUT2D eigenvalue weighted by Gasteiger charge is -2.37. The average Bonchev–Trinajstić information content (AvgIpc) is 3.15. The van der Waals surface area contributed by atoms with Gasteiger partial charge in [-0.2, -0.15) is 4.31 Å².